The van der Waals surface area contributed by atoms with Crippen LogP contribution in [0.15, 0.2) is 48.5 Å². The molecule has 0 saturated heterocycles. The molecule has 0 amide bonds. The van der Waals surface area contributed by atoms with E-state index in [-0.39, 0.29) is 13.2 Å². The zero-order valence-electron chi connectivity index (χ0n) is 15.8. The van der Waals surface area contributed by atoms with Gasteiger partial charge in [-0.3, -0.25) is 0 Å². The van der Waals surface area contributed by atoms with Crippen molar-refractivity contribution in [2.75, 3.05) is 51.2 Å². The summed E-state index contributed by atoms with van der Waals surface area (Å²) in [4.78, 5) is 4.22. The van der Waals surface area contributed by atoms with Crippen LogP contribution in [0, 0.1) is 0 Å². The van der Waals surface area contributed by atoms with Crippen molar-refractivity contribution in [1.29, 1.82) is 0 Å². The van der Waals surface area contributed by atoms with Crippen LogP contribution in [0.5, 0.6) is 0 Å². The van der Waals surface area contributed by atoms with E-state index in [4.69, 9.17) is 10.2 Å². The van der Waals surface area contributed by atoms with Crippen molar-refractivity contribution in [3.63, 3.8) is 0 Å². The van der Waals surface area contributed by atoms with Gasteiger partial charge in [-0.2, -0.15) is 0 Å². The lowest BCUT2D eigenvalue weighted by Crippen LogP contribution is -2.08. The van der Waals surface area contributed by atoms with Gasteiger partial charge in [0.1, 0.15) is 0 Å². The predicted molar refractivity (Wildman–Crippen MR) is 106 cm³/mol. The van der Waals surface area contributed by atoms with Crippen LogP contribution >= 0.6 is 0 Å². The molecule has 24 heavy (non-hydrogen) atoms. The van der Waals surface area contributed by atoms with E-state index in [1.807, 2.05) is 0 Å². The minimum atomic E-state index is 0.250. The summed E-state index contributed by atoms with van der Waals surface area (Å²) in [6.45, 7) is 3.86. The fourth-order valence-electron chi connectivity index (χ4n) is 1.90. The van der Waals surface area contributed by atoms with Crippen molar-refractivity contribution in [2.45, 2.75) is 13.8 Å². The Kier molecular flexibility index (Phi) is 11.3. The van der Waals surface area contributed by atoms with Gasteiger partial charge in [0, 0.05) is 52.8 Å². The highest BCUT2D eigenvalue weighted by atomic mass is 16.3. The Morgan fingerprint density at radius 3 is 0.958 bits per heavy atom. The van der Waals surface area contributed by atoms with Crippen LogP contribution in [0.4, 0.5) is 11.4 Å². The van der Waals surface area contributed by atoms with Gasteiger partial charge in [0.25, 0.3) is 0 Å². The van der Waals surface area contributed by atoms with E-state index in [1.54, 1.807) is 13.8 Å². The number of nitrogens with zero attached hydrogens (tertiary/aromatic N) is 2. The van der Waals surface area contributed by atoms with E-state index in [1.165, 1.54) is 22.5 Å². The normalized spacial score (nSPS) is 9.17. The molecular weight excluding hydrogens is 300 g/mol. The average molecular weight is 332 g/mol. The van der Waals surface area contributed by atoms with Crippen LogP contribution in [0.1, 0.15) is 13.8 Å². The second kappa shape index (κ2) is 12.4. The highest BCUT2D eigenvalue weighted by molar-refractivity contribution is 5.68. The smallest absolute Gasteiger partial charge is 0.0402 e. The molecule has 0 fully saturated rings. The molecule has 0 atom stereocenters. The van der Waals surface area contributed by atoms with Gasteiger partial charge in [0.15, 0.2) is 0 Å². The third kappa shape index (κ3) is 7.99. The summed E-state index contributed by atoms with van der Waals surface area (Å²) in [6, 6.07) is 17.3. The Hall–Kier alpha value is -2.04. The maximum Gasteiger partial charge on any atom is 0.0402 e. The van der Waals surface area contributed by atoms with Crippen LogP contribution in [0.2, 0.25) is 0 Å². The predicted octanol–water partition coefficient (Wildman–Crippen LogP) is 3.48. The van der Waals surface area contributed by atoms with E-state index in [0.717, 1.165) is 0 Å². The van der Waals surface area contributed by atoms with Crippen LogP contribution < -0.4 is 9.80 Å². The highest BCUT2D eigenvalue weighted by Crippen LogP contribution is 2.24. The van der Waals surface area contributed by atoms with Gasteiger partial charge >= 0.3 is 0 Å². The van der Waals surface area contributed by atoms with Gasteiger partial charge in [-0.1, -0.05) is 24.3 Å². The molecule has 0 saturated carbocycles. The fourth-order valence-corrected chi connectivity index (χ4v) is 1.90. The first-order valence-corrected chi connectivity index (χ1v) is 8.18. The van der Waals surface area contributed by atoms with Crippen molar-refractivity contribution in [2.24, 2.45) is 0 Å². The summed E-state index contributed by atoms with van der Waals surface area (Å²) >= 11 is 0. The lowest BCUT2D eigenvalue weighted by molar-refractivity contribution is 0.318. The molecule has 4 heteroatoms. The Morgan fingerprint density at radius 1 is 0.583 bits per heavy atom. The molecule has 0 radical (unpaired) electrons. The number of aliphatic hydroxyl groups is 2. The first-order valence-electron chi connectivity index (χ1n) is 8.18. The van der Waals surface area contributed by atoms with Crippen molar-refractivity contribution in [3.8, 4) is 11.1 Å². The summed E-state index contributed by atoms with van der Waals surface area (Å²) < 4.78 is 0. The van der Waals surface area contributed by atoms with Crippen LogP contribution in [0.25, 0.3) is 11.1 Å². The zero-order chi connectivity index (χ0) is 18.5. The molecule has 0 aliphatic carbocycles. The number of anilines is 2. The Bertz CT molecular complexity index is 483. The van der Waals surface area contributed by atoms with Gasteiger partial charge in [-0.15, -0.1) is 0 Å². The first kappa shape index (κ1) is 22.0. The van der Waals surface area contributed by atoms with Crippen LogP contribution in [-0.2, 0) is 0 Å². The number of aliphatic hydroxyl groups excluding tert-OH is 2. The summed E-state index contributed by atoms with van der Waals surface area (Å²) in [7, 11) is 8.23. The summed E-state index contributed by atoms with van der Waals surface area (Å²) in [6.07, 6.45) is 0. The number of hydrogen-bond donors (Lipinski definition) is 2. The van der Waals surface area contributed by atoms with Gasteiger partial charge < -0.3 is 20.0 Å². The monoisotopic (exact) mass is 332 g/mol. The Morgan fingerprint density at radius 2 is 0.792 bits per heavy atom. The Labute approximate surface area is 147 Å². The quantitative estimate of drug-likeness (QED) is 0.903. The van der Waals surface area contributed by atoms with Crippen LogP contribution in [0.3, 0.4) is 0 Å². The molecule has 134 valence electrons. The molecule has 2 N–H and O–H groups in total. The van der Waals surface area contributed by atoms with Gasteiger partial charge in [-0.05, 0) is 49.2 Å². The van der Waals surface area contributed by atoms with Crippen molar-refractivity contribution < 1.29 is 10.2 Å². The SMILES string of the molecule is CCO.CCO.CN(C)c1ccc(-c2ccc(N(C)C)cc2)cc1. The molecule has 2 aromatic carbocycles. The summed E-state index contributed by atoms with van der Waals surface area (Å²) in [5.41, 5.74) is 4.96. The van der Waals surface area contributed by atoms with Gasteiger partial charge in [-0.25, -0.2) is 0 Å². The van der Waals surface area contributed by atoms with Crippen LogP contribution in [-0.4, -0.2) is 51.6 Å². The summed E-state index contributed by atoms with van der Waals surface area (Å²) in [5, 5.41) is 15.1. The third-order valence-corrected chi connectivity index (χ3v) is 3.10. The zero-order valence-corrected chi connectivity index (χ0v) is 15.8. The minimum absolute atomic E-state index is 0.250. The lowest BCUT2D eigenvalue weighted by atomic mass is 10.0. The second-order valence-corrected chi connectivity index (χ2v) is 5.52. The third-order valence-electron chi connectivity index (χ3n) is 3.10. The molecule has 2 aromatic rings. The maximum atomic E-state index is 7.57. The number of rotatable bonds is 3. The van der Waals surface area contributed by atoms with E-state index < -0.39 is 0 Å². The molecule has 0 unspecified atom stereocenters. The average Bonchev–Trinajstić information content (AvgIpc) is 2.56. The van der Waals surface area contributed by atoms with Gasteiger partial charge in [0.05, 0.1) is 0 Å². The molecule has 0 aliphatic heterocycles. The molecular formula is C20H32N2O2. The number of hydrogen-bond acceptors (Lipinski definition) is 4. The lowest BCUT2D eigenvalue weighted by Gasteiger charge is -2.14. The number of benzene rings is 2. The van der Waals surface area contributed by atoms with E-state index in [2.05, 4.69) is 86.5 Å². The first-order chi connectivity index (χ1) is 11.4. The molecule has 0 aliphatic rings. The topological polar surface area (TPSA) is 46.9 Å². The van der Waals surface area contributed by atoms with Gasteiger partial charge in [0.2, 0.25) is 0 Å². The molecule has 0 aromatic heterocycles. The Balaban J connectivity index is 0.000000772. The van der Waals surface area contributed by atoms with E-state index in [0.29, 0.717) is 0 Å². The van der Waals surface area contributed by atoms with Crippen molar-refractivity contribution in [3.05, 3.63) is 48.5 Å². The molecule has 0 spiro atoms. The molecule has 4 nitrogen and oxygen atoms in total. The second-order valence-electron chi connectivity index (χ2n) is 5.52. The summed E-state index contributed by atoms with van der Waals surface area (Å²) in [5.74, 6) is 0. The molecule has 0 bridgehead atoms. The van der Waals surface area contributed by atoms with E-state index in [9.17, 15) is 0 Å². The van der Waals surface area contributed by atoms with E-state index >= 15 is 0 Å². The minimum Gasteiger partial charge on any atom is -0.397 e. The molecule has 0 heterocycles. The highest BCUT2D eigenvalue weighted by Gasteiger charge is 2.00. The van der Waals surface area contributed by atoms with Crippen molar-refractivity contribution in [1.82, 2.24) is 0 Å². The molecule has 2 rings (SSSR count). The fraction of sp³-hybridized carbons (Fsp3) is 0.400. The standard InChI is InChI=1S/C16H20N2.2C2H6O/c1-17(2)15-9-5-13(6-10-15)14-7-11-16(12-8-14)18(3)4;2*1-2-3/h5-12H,1-4H3;2*3H,2H2,1H3. The van der Waals surface area contributed by atoms with Crippen molar-refractivity contribution >= 4 is 11.4 Å². The maximum absolute atomic E-state index is 7.57. The largest absolute Gasteiger partial charge is 0.397 e.